The van der Waals surface area contributed by atoms with Crippen LogP contribution < -0.4 is 0 Å². The van der Waals surface area contributed by atoms with Gasteiger partial charge in [-0.25, -0.2) is 0 Å². The van der Waals surface area contributed by atoms with Crippen molar-refractivity contribution < 1.29 is 19.2 Å². The van der Waals surface area contributed by atoms with Gasteiger partial charge >= 0.3 is 5.97 Å². The van der Waals surface area contributed by atoms with Gasteiger partial charge in [0.2, 0.25) is 0 Å². The van der Waals surface area contributed by atoms with Crippen LogP contribution >= 0.6 is 11.6 Å². The molecular formula is C12H12ClNO5. The Labute approximate surface area is 114 Å². The Kier molecular flexibility index (Phi) is 5.00. The van der Waals surface area contributed by atoms with Crippen LogP contribution in [0.25, 0.3) is 0 Å². The number of esters is 1. The SMILES string of the molecule is CCOC(=O)C(C(C)=O)c1ccc(Cl)cc1[N+](=O)[O-]. The average Bonchev–Trinajstić information content (AvgIpc) is 2.31. The van der Waals surface area contributed by atoms with Crippen LogP contribution in [0.2, 0.25) is 5.02 Å². The highest BCUT2D eigenvalue weighted by Crippen LogP contribution is 2.31. The number of rotatable bonds is 5. The predicted octanol–water partition coefficient (Wildman–Crippen LogP) is 2.48. The van der Waals surface area contributed by atoms with E-state index in [1.807, 2.05) is 0 Å². The number of nitro benzene ring substituents is 1. The number of ketones is 1. The van der Waals surface area contributed by atoms with Crippen molar-refractivity contribution in [1.29, 1.82) is 0 Å². The summed E-state index contributed by atoms with van der Waals surface area (Å²) in [5, 5.41) is 11.1. The molecule has 0 aromatic heterocycles. The zero-order valence-electron chi connectivity index (χ0n) is 10.4. The molecule has 0 spiro atoms. The first kappa shape index (κ1) is 15.1. The molecule has 0 amide bonds. The summed E-state index contributed by atoms with van der Waals surface area (Å²) in [5.41, 5.74) is -0.388. The molecule has 0 radical (unpaired) electrons. The molecule has 102 valence electrons. The van der Waals surface area contributed by atoms with E-state index in [-0.39, 0.29) is 22.9 Å². The second-order valence-electron chi connectivity index (χ2n) is 3.76. The largest absolute Gasteiger partial charge is 0.465 e. The number of nitro groups is 1. The van der Waals surface area contributed by atoms with Crippen LogP contribution in [-0.4, -0.2) is 23.3 Å². The monoisotopic (exact) mass is 285 g/mol. The zero-order valence-corrected chi connectivity index (χ0v) is 11.1. The maximum atomic E-state index is 11.7. The summed E-state index contributed by atoms with van der Waals surface area (Å²) < 4.78 is 4.77. The summed E-state index contributed by atoms with van der Waals surface area (Å²) in [6, 6.07) is 3.79. The lowest BCUT2D eigenvalue weighted by molar-refractivity contribution is -0.385. The number of halogens is 1. The van der Waals surface area contributed by atoms with Crippen LogP contribution in [0.15, 0.2) is 18.2 Å². The van der Waals surface area contributed by atoms with Crippen molar-refractivity contribution in [2.75, 3.05) is 6.61 Å². The minimum Gasteiger partial charge on any atom is -0.465 e. The third-order valence-electron chi connectivity index (χ3n) is 2.43. The van der Waals surface area contributed by atoms with Crippen molar-refractivity contribution in [3.8, 4) is 0 Å². The molecule has 1 rings (SSSR count). The van der Waals surface area contributed by atoms with Gasteiger partial charge in [0.05, 0.1) is 17.1 Å². The molecule has 0 heterocycles. The molecule has 1 atom stereocenters. The lowest BCUT2D eigenvalue weighted by atomic mass is 9.94. The number of hydrogen-bond donors (Lipinski definition) is 0. The number of nitrogens with zero attached hydrogens (tertiary/aromatic N) is 1. The van der Waals surface area contributed by atoms with E-state index in [1.165, 1.54) is 19.1 Å². The van der Waals surface area contributed by atoms with Crippen LogP contribution in [0.1, 0.15) is 25.3 Å². The van der Waals surface area contributed by atoms with Crippen LogP contribution in [-0.2, 0) is 14.3 Å². The third-order valence-corrected chi connectivity index (χ3v) is 2.66. The normalized spacial score (nSPS) is 11.7. The summed E-state index contributed by atoms with van der Waals surface area (Å²) in [5.74, 6) is -2.64. The standard InChI is InChI=1S/C12H12ClNO5/c1-3-19-12(16)11(7(2)15)9-5-4-8(13)6-10(9)14(17)18/h4-6,11H,3H2,1-2H3. The van der Waals surface area contributed by atoms with Crippen LogP contribution in [0.3, 0.4) is 0 Å². The molecule has 0 aliphatic carbocycles. The molecule has 0 aliphatic heterocycles. The van der Waals surface area contributed by atoms with Crippen molar-refractivity contribution in [3.63, 3.8) is 0 Å². The number of carbonyl (C=O) groups is 2. The molecule has 0 N–H and O–H groups in total. The first-order chi connectivity index (χ1) is 8.88. The summed E-state index contributed by atoms with van der Waals surface area (Å²) in [6.45, 7) is 2.86. The summed E-state index contributed by atoms with van der Waals surface area (Å²) in [7, 11) is 0. The topological polar surface area (TPSA) is 86.5 Å². The van der Waals surface area contributed by atoms with E-state index in [0.717, 1.165) is 6.07 Å². The molecule has 1 unspecified atom stereocenters. The van der Waals surface area contributed by atoms with Crippen molar-refractivity contribution in [2.45, 2.75) is 19.8 Å². The van der Waals surface area contributed by atoms with Gasteiger partial charge < -0.3 is 4.74 Å². The van der Waals surface area contributed by atoms with Crippen molar-refractivity contribution in [3.05, 3.63) is 38.9 Å². The first-order valence-corrected chi connectivity index (χ1v) is 5.87. The van der Waals surface area contributed by atoms with E-state index in [9.17, 15) is 19.7 Å². The van der Waals surface area contributed by atoms with Gasteiger partial charge in [-0.3, -0.25) is 19.7 Å². The Balaban J connectivity index is 3.34. The molecular weight excluding hydrogens is 274 g/mol. The summed E-state index contributed by atoms with van der Waals surface area (Å²) in [4.78, 5) is 33.6. The fraction of sp³-hybridized carbons (Fsp3) is 0.333. The Morgan fingerprint density at radius 1 is 1.47 bits per heavy atom. The third kappa shape index (κ3) is 3.51. The predicted molar refractivity (Wildman–Crippen MR) is 68.2 cm³/mol. The van der Waals surface area contributed by atoms with Gasteiger partial charge in [0.25, 0.3) is 5.69 Å². The average molecular weight is 286 g/mol. The smallest absolute Gasteiger partial charge is 0.321 e. The van der Waals surface area contributed by atoms with Gasteiger partial charge in [0, 0.05) is 11.1 Å². The highest BCUT2D eigenvalue weighted by molar-refractivity contribution is 6.30. The summed E-state index contributed by atoms with van der Waals surface area (Å²) in [6.07, 6.45) is 0. The van der Waals surface area contributed by atoms with Crippen LogP contribution in [0.4, 0.5) is 5.69 Å². The Bertz CT molecular complexity index is 529. The molecule has 0 saturated carbocycles. The van der Waals surface area contributed by atoms with Gasteiger partial charge in [-0.15, -0.1) is 0 Å². The summed E-state index contributed by atoms with van der Waals surface area (Å²) >= 11 is 5.68. The molecule has 0 saturated heterocycles. The number of carbonyl (C=O) groups excluding carboxylic acids is 2. The lowest BCUT2D eigenvalue weighted by Crippen LogP contribution is -2.23. The van der Waals surface area contributed by atoms with Crippen LogP contribution in [0, 0.1) is 10.1 Å². The molecule has 19 heavy (non-hydrogen) atoms. The van der Waals surface area contributed by atoms with Gasteiger partial charge in [-0.1, -0.05) is 11.6 Å². The second kappa shape index (κ2) is 6.29. The van der Waals surface area contributed by atoms with Crippen LogP contribution in [0.5, 0.6) is 0 Å². The number of benzene rings is 1. The molecule has 0 fully saturated rings. The highest BCUT2D eigenvalue weighted by Gasteiger charge is 2.33. The fourth-order valence-corrected chi connectivity index (χ4v) is 1.82. The van der Waals surface area contributed by atoms with E-state index in [2.05, 4.69) is 0 Å². The van der Waals surface area contributed by atoms with E-state index >= 15 is 0 Å². The minimum absolute atomic E-state index is 0.0136. The maximum absolute atomic E-state index is 11.7. The Morgan fingerprint density at radius 2 is 2.11 bits per heavy atom. The van der Waals surface area contributed by atoms with E-state index < -0.39 is 22.6 Å². The Morgan fingerprint density at radius 3 is 2.58 bits per heavy atom. The zero-order chi connectivity index (χ0) is 14.6. The lowest BCUT2D eigenvalue weighted by Gasteiger charge is -2.13. The molecule has 1 aromatic carbocycles. The fourth-order valence-electron chi connectivity index (χ4n) is 1.66. The van der Waals surface area contributed by atoms with Gasteiger partial charge in [0.15, 0.2) is 0 Å². The Hall–Kier alpha value is -1.95. The molecule has 0 aliphatic rings. The molecule has 6 nitrogen and oxygen atoms in total. The van der Waals surface area contributed by atoms with Crippen molar-refractivity contribution in [1.82, 2.24) is 0 Å². The number of hydrogen-bond acceptors (Lipinski definition) is 5. The number of ether oxygens (including phenoxy) is 1. The quantitative estimate of drug-likeness (QED) is 0.359. The van der Waals surface area contributed by atoms with E-state index in [4.69, 9.17) is 16.3 Å². The number of Topliss-reactive ketones (excluding diaryl/α,β-unsaturated/α-hetero) is 1. The minimum atomic E-state index is -1.31. The van der Waals surface area contributed by atoms with Crippen molar-refractivity contribution >= 4 is 29.0 Å². The molecule has 7 heteroatoms. The van der Waals surface area contributed by atoms with Gasteiger partial charge in [0.1, 0.15) is 11.7 Å². The van der Waals surface area contributed by atoms with E-state index in [0.29, 0.717) is 0 Å². The maximum Gasteiger partial charge on any atom is 0.321 e. The molecule has 0 bridgehead atoms. The van der Waals surface area contributed by atoms with Gasteiger partial charge in [-0.2, -0.15) is 0 Å². The van der Waals surface area contributed by atoms with E-state index in [1.54, 1.807) is 6.92 Å². The van der Waals surface area contributed by atoms with Gasteiger partial charge in [-0.05, 0) is 26.0 Å². The van der Waals surface area contributed by atoms with Crippen molar-refractivity contribution in [2.24, 2.45) is 0 Å². The second-order valence-corrected chi connectivity index (χ2v) is 4.19. The molecule has 1 aromatic rings. The first-order valence-electron chi connectivity index (χ1n) is 5.49. The highest BCUT2D eigenvalue weighted by atomic mass is 35.5.